The first-order valence-corrected chi connectivity index (χ1v) is 7.41. The third-order valence-corrected chi connectivity index (χ3v) is 4.00. The van der Waals surface area contributed by atoms with Crippen molar-refractivity contribution in [1.29, 1.82) is 0 Å². The number of carbonyl (C=O) groups excluding carboxylic acids is 1. The Morgan fingerprint density at radius 2 is 1.94 bits per heavy atom. The number of amides is 1. The second-order valence-corrected chi connectivity index (χ2v) is 6.10. The van der Waals surface area contributed by atoms with Crippen LogP contribution in [0.2, 0.25) is 0 Å². The molecular weight excluding hydrogens is 242 g/mol. The van der Waals surface area contributed by atoms with Crippen molar-refractivity contribution in [3.8, 4) is 0 Å². The standard InChI is InChI=1S/C15H23NOS/c1-5-6-11-16(4)15(17)13(3)18-14-9-7-12(2)8-10-14/h7-10,13H,5-6,11H2,1-4H3. The SMILES string of the molecule is CCCCN(C)C(=O)C(C)Sc1ccc(C)cc1. The fraction of sp³-hybridized carbons (Fsp3) is 0.533. The van der Waals surface area contributed by atoms with Gasteiger partial charge in [0.2, 0.25) is 5.91 Å². The second-order valence-electron chi connectivity index (χ2n) is 4.69. The van der Waals surface area contributed by atoms with Crippen LogP contribution in [0.15, 0.2) is 29.2 Å². The van der Waals surface area contributed by atoms with Crippen LogP contribution in [0.1, 0.15) is 32.3 Å². The van der Waals surface area contributed by atoms with E-state index in [0.717, 1.165) is 24.3 Å². The summed E-state index contributed by atoms with van der Waals surface area (Å²) in [7, 11) is 1.89. The van der Waals surface area contributed by atoms with E-state index in [-0.39, 0.29) is 11.2 Å². The molecule has 0 N–H and O–H groups in total. The van der Waals surface area contributed by atoms with Crippen LogP contribution in [0.3, 0.4) is 0 Å². The molecule has 0 spiro atoms. The fourth-order valence-electron chi connectivity index (χ4n) is 1.69. The van der Waals surface area contributed by atoms with Crippen molar-refractivity contribution in [2.24, 2.45) is 0 Å². The van der Waals surface area contributed by atoms with E-state index < -0.39 is 0 Å². The molecule has 1 unspecified atom stereocenters. The van der Waals surface area contributed by atoms with E-state index in [2.05, 4.69) is 38.1 Å². The minimum absolute atomic E-state index is 0.0189. The molecule has 0 radical (unpaired) electrons. The Morgan fingerprint density at radius 3 is 2.50 bits per heavy atom. The van der Waals surface area contributed by atoms with Gasteiger partial charge in [-0.15, -0.1) is 11.8 Å². The van der Waals surface area contributed by atoms with Gasteiger partial charge in [0.25, 0.3) is 0 Å². The summed E-state index contributed by atoms with van der Waals surface area (Å²) in [4.78, 5) is 15.1. The summed E-state index contributed by atoms with van der Waals surface area (Å²) in [5.74, 6) is 0.217. The molecule has 1 atom stereocenters. The molecule has 100 valence electrons. The Balaban J connectivity index is 2.51. The van der Waals surface area contributed by atoms with Gasteiger partial charge in [0.1, 0.15) is 0 Å². The minimum Gasteiger partial charge on any atom is -0.345 e. The molecule has 2 nitrogen and oxygen atoms in total. The predicted octanol–water partition coefficient (Wildman–Crippen LogP) is 3.73. The van der Waals surface area contributed by atoms with Gasteiger partial charge in [0.05, 0.1) is 5.25 Å². The zero-order valence-electron chi connectivity index (χ0n) is 11.8. The molecule has 0 aromatic heterocycles. The maximum atomic E-state index is 12.1. The van der Waals surface area contributed by atoms with Crippen molar-refractivity contribution in [1.82, 2.24) is 4.90 Å². The summed E-state index contributed by atoms with van der Waals surface area (Å²) >= 11 is 1.63. The van der Waals surface area contributed by atoms with E-state index in [9.17, 15) is 4.79 Å². The Labute approximate surface area is 115 Å². The van der Waals surface area contributed by atoms with Crippen LogP contribution < -0.4 is 0 Å². The molecule has 18 heavy (non-hydrogen) atoms. The molecule has 1 aromatic carbocycles. The lowest BCUT2D eigenvalue weighted by Crippen LogP contribution is -2.33. The zero-order valence-corrected chi connectivity index (χ0v) is 12.6. The molecule has 0 aliphatic rings. The van der Waals surface area contributed by atoms with Crippen LogP contribution in [-0.2, 0) is 4.79 Å². The van der Waals surface area contributed by atoms with Crippen molar-refractivity contribution in [2.45, 2.75) is 43.8 Å². The molecule has 1 aromatic rings. The highest BCUT2D eigenvalue weighted by molar-refractivity contribution is 8.00. The lowest BCUT2D eigenvalue weighted by atomic mass is 10.2. The van der Waals surface area contributed by atoms with Crippen molar-refractivity contribution in [3.63, 3.8) is 0 Å². The Morgan fingerprint density at radius 1 is 1.33 bits per heavy atom. The van der Waals surface area contributed by atoms with Gasteiger partial charge in [-0.2, -0.15) is 0 Å². The number of hydrogen-bond acceptors (Lipinski definition) is 2. The van der Waals surface area contributed by atoms with Gasteiger partial charge in [0, 0.05) is 18.5 Å². The first-order valence-electron chi connectivity index (χ1n) is 6.53. The number of thioether (sulfide) groups is 1. The average Bonchev–Trinajstić information content (AvgIpc) is 2.37. The highest BCUT2D eigenvalue weighted by atomic mass is 32.2. The third-order valence-electron chi connectivity index (χ3n) is 2.90. The van der Waals surface area contributed by atoms with Gasteiger partial charge < -0.3 is 4.90 Å². The van der Waals surface area contributed by atoms with E-state index in [0.29, 0.717) is 0 Å². The van der Waals surface area contributed by atoms with Crippen LogP contribution in [0.25, 0.3) is 0 Å². The van der Waals surface area contributed by atoms with Crippen LogP contribution >= 0.6 is 11.8 Å². The molecular formula is C15H23NOS. The fourth-order valence-corrected chi connectivity index (χ4v) is 2.67. The summed E-state index contributed by atoms with van der Waals surface area (Å²) < 4.78 is 0. The van der Waals surface area contributed by atoms with Gasteiger partial charge in [-0.3, -0.25) is 4.79 Å². The average molecular weight is 265 g/mol. The first kappa shape index (κ1) is 15.1. The number of benzene rings is 1. The van der Waals surface area contributed by atoms with Crippen molar-refractivity contribution in [3.05, 3.63) is 29.8 Å². The normalized spacial score (nSPS) is 12.2. The van der Waals surface area contributed by atoms with Crippen LogP contribution in [0, 0.1) is 6.92 Å². The largest absolute Gasteiger partial charge is 0.345 e. The van der Waals surface area contributed by atoms with Gasteiger partial charge >= 0.3 is 0 Å². The van der Waals surface area contributed by atoms with Crippen LogP contribution in [-0.4, -0.2) is 29.6 Å². The van der Waals surface area contributed by atoms with E-state index >= 15 is 0 Å². The maximum Gasteiger partial charge on any atom is 0.235 e. The van der Waals surface area contributed by atoms with Crippen molar-refractivity contribution in [2.75, 3.05) is 13.6 Å². The summed E-state index contributed by atoms with van der Waals surface area (Å²) in [6.45, 7) is 7.05. The highest BCUT2D eigenvalue weighted by Gasteiger charge is 2.17. The predicted molar refractivity (Wildman–Crippen MR) is 79.0 cm³/mol. The molecule has 0 aliphatic carbocycles. The van der Waals surface area contributed by atoms with Crippen LogP contribution in [0.4, 0.5) is 0 Å². The maximum absolute atomic E-state index is 12.1. The Kier molecular flexibility index (Phi) is 6.27. The Hall–Kier alpha value is -0.960. The second kappa shape index (κ2) is 7.47. The van der Waals surface area contributed by atoms with Crippen molar-refractivity contribution < 1.29 is 4.79 Å². The molecule has 1 amide bonds. The number of aryl methyl sites for hydroxylation is 1. The molecule has 3 heteroatoms. The molecule has 1 rings (SSSR count). The van der Waals surface area contributed by atoms with Gasteiger partial charge in [-0.25, -0.2) is 0 Å². The molecule has 0 aliphatic heterocycles. The minimum atomic E-state index is -0.0189. The number of carbonyl (C=O) groups is 1. The molecule has 0 bridgehead atoms. The molecule has 0 fully saturated rings. The van der Waals surface area contributed by atoms with Gasteiger partial charge in [-0.05, 0) is 32.4 Å². The third kappa shape index (κ3) is 4.73. The number of unbranched alkanes of at least 4 members (excludes halogenated alkanes) is 1. The summed E-state index contributed by atoms with van der Waals surface area (Å²) in [6.07, 6.45) is 2.20. The Bertz CT molecular complexity index is 375. The molecule has 0 saturated heterocycles. The lowest BCUT2D eigenvalue weighted by Gasteiger charge is -2.20. The van der Waals surface area contributed by atoms with Crippen LogP contribution in [0.5, 0.6) is 0 Å². The van der Waals surface area contributed by atoms with Crippen molar-refractivity contribution >= 4 is 17.7 Å². The van der Waals surface area contributed by atoms with E-state index in [1.807, 2.05) is 18.9 Å². The molecule has 0 saturated carbocycles. The zero-order chi connectivity index (χ0) is 13.5. The topological polar surface area (TPSA) is 20.3 Å². The summed E-state index contributed by atoms with van der Waals surface area (Å²) in [6, 6.07) is 8.33. The summed E-state index contributed by atoms with van der Waals surface area (Å²) in [5.41, 5.74) is 1.25. The monoisotopic (exact) mass is 265 g/mol. The number of nitrogens with zero attached hydrogens (tertiary/aromatic N) is 1. The van der Waals surface area contributed by atoms with E-state index in [4.69, 9.17) is 0 Å². The lowest BCUT2D eigenvalue weighted by molar-refractivity contribution is -0.129. The summed E-state index contributed by atoms with van der Waals surface area (Å²) in [5, 5.41) is -0.0189. The van der Waals surface area contributed by atoms with E-state index in [1.54, 1.807) is 11.8 Å². The number of hydrogen-bond donors (Lipinski definition) is 0. The van der Waals surface area contributed by atoms with E-state index in [1.165, 1.54) is 5.56 Å². The van der Waals surface area contributed by atoms with Gasteiger partial charge in [-0.1, -0.05) is 31.0 Å². The highest BCUT2D eigenvalue weighted by Crippen LogP contribution is 2.24. The number of rotatable bonds is 6. The quantitative estimate of drug-likeness (QED) is 0.730. The smallest absolute Gasteiger partial charge is 0.235 e. The molecule has 0 heterocycles. The van der Waals surface area contributed by atoms with Gasteiger partial charge in [0.15, 0.2) is 0 Å². The first-order chi connectivity index (χ1) is 8.54.